The minimum atomic E-state index is -1.57. The number of benzene rings is 2. The monoisotopic (exact) mass is 299 g/mol. The van der Waals surface area contributed by atoms with Crippen LogP contribution in [0.15, 0.2) is 66.4 Å². The smallest absolute Gasteiger partial charge is 0.191 e. The Morgan fingerprint density at radius 3 is 2.71 bits per heavy atom. The van der Waals surface area contributed by atoms with Crippen LogP contribution < -0.4 is 5.73 Å². The molecule has 3 N–H and O–H groups in total. The van der Waals surface area contributed by atoms with Gasteiger partial charge in [-0.25, -0.2) is 0 Å². The molecule has 3 rings (SSSR count). The maximum atomic E-state index is 12.9. The van der Waals surface area contributed by atoms with Crippen LogP contribution in [0, 0.1) is 0 Å². The highest BCUT2D eigenvalue weighted by Gasteiger charge is 2.44. The molecule has 106 valence electrons. The molecule has 0 amide bonds. The first-order valence-corrected chi connectivity index (χ1v) is 6.96. The SMILES string of the molecule is NC1=CC=CC(Cl)(C(=O)c2cccc3ccccc23)C1O. The number of aliphatic hydroxyl groups is 1. The second-order valence-corrected chi connectivity index (χ2v) is 5.68. The Balaban J connectivity index is 2.13. The summed E-state index contributed by atoms with van der Waals surface area (Å²) in [5.74, 6) is -0.360. The number of hydrogen-bond acceptors (Lipinski definition) is 3. The molecular formula is C17H14ClNO2. The van der Waals surface area contributed by atoms with Gasteiger partial charge in [-0.3, -0.25) is 4.79 Å². The first kappa shape index (κ1) is 13.9. The van der Waals surface area contributed by atoms with Crippen LogP contribution >= 0.6 is 11.6 Å². The van der Waals surface area contributed by atoms with Crippen LogP contribution in [0.2, 0.25) is 0 Å². The van der Waals surface area contributed by atoms with E-state index in [9.17, 15) is 9.90 Å². The summed E-state index contributed by atoms with van der Waals surface area (Å²) in [6, 6.07) is 13.0. The van der Waals surface area contributed by atoms with E-state index in [1.54, 1.807) is 24.3 Å². The third kappa shape index (κ3) is 2.15. The lowest BCUT2D eigenvalue weighted by Crippen LogP contribution is -2.46. The molecule has 1 aliphatic rings. The molecule has 1 aliphatic carbocycles. The molecular weight excluding hydrogens is 286 g/mol. The Kier molecular flexibility index (Phi) is 3.32. The van der Waals surface area contributed by atoms with Gasteiger partial charge in [0.15, 0.2) is 10.7 Å². The molecule has 2 aromatic carbocycles. The average molecular weight is 300 g/mol. The second-order valence-electron chi connectivity index (χ2n) is 5.05. The van der Waals surface area contributed by atoms with Crippen molar-refractivity contribution in [1.29, 1.82) is 0 Å². The summed E-state index contributed by atoms with van der Waals surface area (Å²) in [6.07, 6.45) is 3.38. The number of fused-ring (bicyclic) bond motifs is 1. The highest BCUT2D eigenvalue weighted by atomic mass is 35.5. The Hall–Kier alpha value is -2.10. The van der Waals surface area contributed by atoms with E-state index in [0.29, 0.717) is 5.56 Å². The maximum absolute atomic E-state index is 12.9. The quantitative estimate of drug-likeness (QED) is 0.662. The number of carbonyl (C=O) groups excluding carboxylic acids is 1. The number of alkyl halides is 1. The summed E-state index contributed by atoms with van der Waals surface area (Å²) in [7, 11) is 0. The molecule has 4 heteroatoms. The number of hydrogen-bond donors (Lipinski definition) is 2. The van der Waals surface area contributed by atoms with Gasteiger partial charge in [0.2, 0.25) is 0 Å². The van der Waals surface area contributed by atoms with Gasteiger partial charge in [-0.1, -0.05) is 54.6 Å². The highest BCUT2D eigenvalue weighted by Crippen LogP contribution is 2.34. The second kappa shape index (κ2) is 5.02. The molecule has 0 bridgehead atoms. The van der Waals surface area contributed by atoms with Gasteiger partial charge < -0.3 is 10.8 Å². The van der Waals surface area contributed by atoms with Crippen LogP contribution in [-0.2, 0) is 0 Å². The molecule has 2 atom stereocenters. The molecule has 0 aromatic heterocycles. The van der Waals surface area contributed by atoms with Crippen molar-refractivity contribution in [2.45, 2.75) is 11.0 Å². The normalized spacial score (nSPS) is 24.9. The fraction of sp³-hybridized carbons (Fsp3) is 0.118. The van der Waals surface area contributed by atoms with Crippen molar-refractivity contribution >= 4 is 28.2 Å². The van der Waals surface area contributed by atoms with Gasteiger partial charge in [0.05, 0.1) is 0 Å². The lowest BCUT2D eigenvalue weighted by atomic mass is 9.85. The zero-order valence-corrected chi connectivity index (χ0v) is 11.9. The first-order valence-electron chi connectivity index (χ1n) is 6.58. The number of nitrogens with two attached hydrogens (primary N) is 1. The van der Waals surface area contributed by atoms with E-state index in [1.165, 1.54) is 6.08 Å². The fourth-order valence-corrected chi connectivity index (χ4v) is 2.85. The highest BCUT2D eigenvalue weighted by molar-refractivity contribution is 6.41. The Labute approximate surface area is 127 Å². The molecule has 0 saturated heterocycles. The number of carbonyl (C=O) groups is 1. The first-order chi connectivity index (χ1) is 10.0. The van der Waals surface area contributed by atoms with Crippen molar-refractivity contribution in [3.05, 3.63) is 72.0 Å². The molecule has 0 aliphatic heterocycles. The third-order valence-corrected chi connectivity index (χ3v) is 4.23. The summed E-state index contributed by atoms with van der Waals surface area (Å²) >= 11 is 6.40. The largest absolute Gasteiger partial charge is 0.400 e. The van der Waals surface area contributed by atoms with E-state index in [-0.39, 0.29) is 11.5 Å². The van der Waals surface area contributed by atoms with Crippen LogP contribution in [0.1, 0.15) is 10.4 Å². The molecule has 0 spiro atoms. The van der Waals surface area contributed by atoms with Crippen molar-refractivity contribution in [2.24, 2.45) is 5.73 Å². The number of aliphatic hydroxyl groups excluding tert-OH is 1. The molecule has 2 aromatic rings. The number of ketones is 1. The predicted molar refractivity (Wildman–Crippen MR) is 84.3 cm³/mol. The molecule has 0 fully saturated rings. The number of halogens is 1. The summed E-state index contributed by atoms with van der Waals surface area (Å²) in [5, 5.41) is 12.0. The predicted octanol–water partition coefficient (Wildman–Crippen LogP) is 2.77. The van der Waals surface area contributed by atoms with E-state index in [4.69, 9.17) is 17.3 Å². The molecule has 21 heavy (non-hydrogen) atoms. The van der Waals surface area contributed by atoms with E-state index < -0.39 is 11.0 Å². The third-order valence-electron chi connectivity index (χ3n) is 3.72. The van der Waals surface area contributed by atoms with Gasteiger partial charge in [0.1, 0.15) is 6.10 Å². The maximum Gasteiger partial charge on any atom is 0.191 e. The van der Waals surface area contributed by atoms with Crippen LogP contribution in [0.3, 0.4) is 0 Å². The van der Waals surface area contributed by atoms with Crippen molar-refractivity contribution in [1.82, 2.24) is 0 Å². The minimum absolute atomic E-state index is 0.182. The zero-order valence-electron chi connectivity index (χ0n) is 11.2. The van der Waals surface area contributed by atoms with E-state index in [2.05, 4.69) is 0 Å². The Morgan fingerprint density at radius 1 is 1.19 bits per heavy atom. The summed E-state index contributed by atoms with van der Waals surface area (Å²) in [6.45, 7) is 0. The van der Waals surface area contributed by atoms with Gasteiger partial charge >= 0.3 is 0 Å². The minimum Gasteiger partial charge on any atom is -0.400 e. The molecule has 3 nitrogen and oxygen atoms in total. The Morgan fingerprint density at radius 2 is 1.90 bits per heavy atom. The number of rotatable bonds is 2. The van der Waals surface area contributed by atoms with Gasteiger partial charge in [0, 0.05) is 11.3 Å². The van der Waals surface area contributed by atoms with Crippen LogP contribution in [0.4, 0.5) is 0 Å². The van der Waals surface area contributed by atoms with Crippen molar-refractivity contribution in [3.63, 3.8) is 0 Å². The van der Waals surface area contributed by atoms with Gasteiger partial charge in [-0.15, -0.1) is 11.6 Å². The van der Waals surface area contributed by atoms with Gasteiger partial charge in [-0.2, -0.15) is 0 Å². The topological polar surface area (TPSA) is 63.3 Å². The van der Waals surface area contributed by atoms with E-state index >= 15 is 0 Å². The van der Waals surface area contributed by atoms with Crippen LogP contribution in [0.5, 0.6) is 0 Å². The summed E-state index contributed by atoms with van der Waals surface area (Å²) in [4.78, 5) is 11.3. The average Bonchev–Trinajstić information content (AvgIpc) is 2.51. The van der Waals surface area contributed by atoms with E-state index in [0.717, 1.165) is 10.8 Å². The standard InChI is InChI=1S/C17H14ClNO2/c18-17(10-4-9-14(19)16(17)21)15(20)13-8-3-6-11-5-1-2-7-12(11)13/h1-10,16,21H,19H2. The molecule has 0 heterocycles. The van der Waals surface area contributed by atoms with Gasteiger partial charge in [0.25, 0.3) is 0 Å². The number of Topliss-reactive ketones (excluding diaryl/α,β-unsaturated/α-hetero) is 1. The van der Waals surface area contributed by atoms with Crippen molar-refractivity contribution in [2.75, 3.05) is 0 Å². The summed E-state index contributed by atoms with van der Waals surface area (Å²) in [5.41, 5.74) is 6.36. The fourth-order valence-electron chi connectivity index (χ4n) is 2.55. The van der Waals surface area contributed by atoms with Crippen molar-refractivity contribution in [3.8, 4) is 0 Å². The van der Waals surface area contributed by atoms with Crippen LogP contribution in [0.25, 0.3) is 10.8 Å². The number of allylic oxidation sites excluding steroid dienone is 2. The molecule has 0 radical (unpaired) electrons. The summed E-state index contributed by atoms with van der Waals surface area (Å²) < 4.78 is 0. The van der Waals surface area contributed by atoms with Gasteiger partial charge in [-0.05, 0) is 16.8 Å². The lowest BCUT2D eigenvalue weighted by Gasteiger charge is -2.30. The zero-order chi connectivity index (χ0) is 15.0. The van der Waals surface area contributed by atoms with E-state index in [1.807, 2.05) is 30.3 Å². The van der Waals surface area contributed by atoms with Crippen LogP contribution in [-0.4, -0.2) is 21.9 Å². The Bertz CT molecular complexity index is 776. The molecule has 0 saturated carbocycles. The van der Waals surface area contributed by atoms with Crippen molar-refractivity contribution < 1.29 is 9.90 Å². The molecule has 2 unspecified atom stereocenters. The lowest BCUT2D eigenvalue weighted by molar-refractivity contribution is 0.0858.